The van der Waals surface area contributed by atoms with Crippen LogP contribution in [-0.4, -0.2) is 23.5 Å². The zero-order chi connectivity index (χ0) is 14.5. The summed E-state index contributed by atoms with van der Waals surface area (Å²) in [6, 6.07) is 10.8. The highest BCUT2D eigenvalue weighted by molar-refractivity contribution is 5.56. The minimum atomic E-state index is -0.370. The van der Waals surface area contributed by atoms with Crippen molar-refractivity contribution in [2.45, 2.75) is 13.3 Å². The van der Waals surface area contributed by atoms with Crippen LogP contribution in [0.25, 0.3) is 0 Å². The van der Waals surface area contributed by atoms with Gasteiger partial charge in [0.05, 0.1) is 4.92 Å². The highest BCUT2D eigenvalue weighted by Crippen LogP contribution is 2.23. The van der Waals surface area contributed by atoms with E-state index in [1.54, 1.807) is 24.4 Å². The number of aromatic nitrogens is 1. The summed E-state index contributed by atoms with van der Waals surface area (Å²) in [5, 5.41) is 10.7. The van der Waals surface area contributed by atoms with E-state index in [2.05, 4.69) is 9.88 Å². The van der Waals surface area contributed by atoms with Crippen LogP contribution in [0.4, 0.5) is 11.4 Å². The van der Waals surface area contributed by atoms with Crippen LogP contribution in [-0.2, 0) is 6.42 Å². The number of nitrogens with zero attached hydrogens (tertiary/aromatic N) is 3. The number of nitro groups is 1. The van der Waals surface area contributed by atoms with E-state index < -0.39 is 0 Å². The molecule has 5 nitrogen and oxygen atoms in total. The monoisotopic (exact) mass is 271 g/mol. The number of likely N-dealkylation sites (N-methyl/N-ethyl adjacent to an activating group) is 1. The maximum Gasteiger partial charge on any atom is 0.269 e. The molecule has 5 heteroatoms. The van der Waals surface area contributed by atoms with Gasteiger partial charge in [-0.25, -0.2) is 0 Å². The second kappa shape index (κ2) is 6.14. The van der Waals surface area contributed by atoms with E-state index in [-0.39, 0.29) is 10.6 Å². The largest absolute Gasteiger partial charge is 0.374 e. The Bertz CT molecular complexity index is 599. The number of aryl methyl sites for hydroxylation is 1. The molecule has 0 spiro atoms. The van der Waals surface area contributed by atoms with Crippen molar-refractivity contribution in [3.63, 3.8) is 0 Å². The van der Waals surface area contributed by atoms with Crippen LogP contribution in [0.3, 0.4) is 0 Å². The van der Waals surface area contributed by atoms with Gasteiger partial charge in [-0.2, -0.15) is 0 Å². The zero-order valence-electron chi connectivity index (χ0n) is 11.6. The number of hydrogen-bond acceptors (Lipinski definition) is 4. The lowest BCUT2D eigenvalue weighted by atomic mass is 10.1. The molecule has 1 aromatic heterocycles. The smallest absolute Gasteiger partial charge is 0.269 e. The zero-order valence-corrected chi connectivity index (χ0v) is 11.6. The van der Waals surface area contributed by atoms with E-state index >= 15 is 0 Å². The van der Waals surface area contributed by atoms with Gasteiger partial charge in [0, 0.05) is 49.7 Å². The van der Waals surface area contributed by atoms with Crippen LogP contribution in [0, 0.1) is 17.0 Å². The van der Waals surface area contributed by atoms with E-state index in [0.29, 0.717) is 0 Å². The number of nitro benzene ring substituents is 1. The van der Waals surface area contributed by atoms with Gasteiger partial charge in [-0.15, -0.1) is 0 Å². The normalized spacial score (nSPS) is 10.3. The standard InChI is InChI=1S/C15H17N3O2/c1-12-11-14(18(19)20)6-7-15(12)17(2)10-8-13-5-3-4-9-16-13/h3-7,9,11H,8,10H2,1-2H3. The quantitative estimate of drug-likeness (QED) is 0.619. The number of hydrogen-bond donors (Lipinski definition) is 0. The second-order valence-electron chi connectivity index (χ2n) is 4.72. The number of anilines is 1. The third kappa shape index (κ3) is 3.32. The lowest BCUT2D eigenvalue weighted by Crippen LogP contribution is -2.21. The first-order valence-electron chi connectivity index (χ1n) is 6.44. The van der Waals surface area contributed by atoms with Gasteiger partial charge >= 0.3 is 0 Å². The second-order valence-corrected chi connectivity index (χ2v) is 4.72. The minimum absolute atomic E-state index is 0.129. The van der Waals surface area contributed by atoms with E-state index in [1.165, 1.54) is 0 Å². The van der Waals surface area contributed by atoms with Gasteiger partial charge in [0.1, 0.15) is 0 Å². The molecule has 1 aromatic carbocycles. The van der Waals surface area contributed by atoms with Crippen LogP contribution >= 0.6 is 0 Å². The topological polar surface area (TPSA) is 59.3 Å². The fraction of sp³-hybridized carbons (Fsp3) is 0.267. The molecule has 0 aliphatic carbocycles. The molecule has 2 rings (SSSR count). The van der Waals surface area contributed by atoms with Gasteiger partial charge in [0.2, 0.25) is 0 Å². The van der Waals surface area contributed by atoms with E-state index in [9.17, 15) is 10.1 Å². The Kier molecular flexibility index (Phi) is 4.30. The number of non-ortho nitro benzene ring substituents is 1. The van der Waals surface area contributed by atoms with Crippen LogP contribution < -0.4 is 4.90 Å². The molecular formula is C15H17N3O2. The van der Waals surface area contributed by atoms with Crippen molar-refractivity contribution in [1.29, 1.82) is 0 Å². The van der Waals surface area contributed by atoms with Crippen molar-refractivity contribution < 1.29 is 4.92 Å². The average molecular weight is 271 g/mol. The van der Waals surface area contributed by atoms with E-state index in [0.717, 1.165) is 29.9 Å². The summed E-state index contributed by atoms with van der Waals surface area (Å²) in [5.41, 5.74) is 3.08. The third-order valence-corrected chi connectivity index (χ3v) is 3.23. The Morgan fingerprint density at radius 3 is 2.70 bits per heavy atom. The molecule has 0 bridgehead atoms. The van der Waals surface area contributed by atoms with Crippen molar-refractivity contribution in [1.82, 2.24) is 4.98 Å². The fourth-order valence-corrected chi connectivity index (χ4v) is 2.13. The fourth-order valence-electron chi connectivity index (χ4n) is 2.13. The Morgan fingerprint density at radius 2 is 2.10 bits per heavy atom. The Morgan fingerprint density at radius 1 is 1.30 bits per heavy atom. The van der Waals surface area contributed by atoms with Gasteiger partial charge in [0.25, 0.3) is 5.69 Å². The Labute approximate surface area is 118 Å². The molecular weight excluding hydrogens is 254 g/mol. The summed E-state index contributed by atoms with van der Waals surface area (Å²) in [6.45, 7) is 2.70. The molecule has 0 saturated carbocycles. The maximum absolute atomic E-state index is 10.7. The van der Waals surface area contributed by atoms with Crippen LogP contribution in [0.1, 0.15) is 11.3 Å². The molecule has 2 aromatic rings. The first kappa shape index (κ1) is 14.0. The lowest BCUT2D eigenvalue weighted by Gasteiger charge is -2.21. The van der Waals surface area contributed by atoms with Gasteiger partial charge in [-0.1, -0.05) is 6.07 Å². The summed E-state index contributed by atoms with van der Waals surface area (Å²) in [4.78, 5) is 16.7. The average Bonchev–Trinajstić information content (AvgIpc) is 2.45. The summed E-state index contributed by atoms with van der Waals surface area (Å²) in [5.74, 6) is 0. The molecule has 0 saturated heterocycles. The maximum atomic E-state index is 10.7. The van der Waals surface area contributed by atoms with Gasteiger partial charge in [-0.3, -0.25) is 15.1 Å². The van der Waals surface area contributed by atoms with Gasteiger partial charge < -0.3 is 4.90 Å². The van der Waals surface area contributed by atoms with Crippen molar-refractivity contribution in [2.24, 2.45) is 0 Å². The van der Waals surface area contributed by atoms with E-state index in [1.807, 2.05) is 32.2 Å². The molecule has 0 atom stereocenters. The van der Waals surface area contributed by atoms with Crippen LogP contribution in [0.15, 0.2) is 42.6 Å². The molecule has 0 N–H and O–H groups in total. The minimum Gasteiger partial charge on any atom is -0.374 e. The number of benzene rings is 1. The molecule has 1 heterocycles. The van der Waals surface area contributed by atoms with Gasteiger partial charge in [0.15, 0.2) is 0 Å². The molecule has 0 unspecified atom stereocenters. The summed E-state index contributed by atoms with van der Waals surface area (Å²) in [7, 11) is 1.98. The van der Waals surface area contributed by atoms with Crippen LogP contribution in [0.2, 0.25) is 0 Å². The number of rotatable bonds is 5. The summed E-state index contributed by atoms with van der Waals surface area (Å²) in [6.07, 6.45) is 2.63. The highest BCUT2D eigenvalue weighted by atomic mass is 16.6. The van der Waals surface area contributed by atoms with Crippen molar-refractivity contribution >= 4 is 11.4 Å². The summed E-state index contributed by atoms with van der Waals surface area (Å²) >= 11 is 0. The highest BCUT2D eigenvalue weighted by Gasteiger charge is 2.10. The molecule has 104 valence electrons. The summed E-state index contributed by atoms with van der Waals surface area (Å²) < 4.78 is 0. The van der Waals surface area contributed by atoms with Crippen molar-refractivity contribution in [2.75, 3.05) is 18.5 Å². The van der Waals surface area contributed by atoms with Gasteiger partial charge in [-0.05, 0) is 30.7 Å². The lowest BCUT2D eigenvalue weighted by molar-refractivity contribution is -0.384. The van der Waals surface area contributed by atoms with Crippen LogP contribution in [0.5, 0.6) is 0 Å². The van der Waals surface area contributed by atoms with Crippen molar-refractivity contribution in [3.8, 4) is 0 Å². The molecule has 0 amide bonds. The molecule has 0 aliphatic heterocycles. The Balaban J connectivity index is 2.06. The molecule has 0 radical (unpaired) electrons. The third-order valence-electron chi connectivity index (χ3n) is 3.23. The van der Waals surface area contributed by atoms with Crippen molar-refractivity contribution in [3.05, 3.63) is 64.0 Å². The first-order chi connectivity index (χ1) is 9.58. The molecule has 20 heavy (non-hydrogen) atoms. The molecule has 0 fully saturated rings. The predicted molar refractivity (Wildman–Crippen MR) is 79.0 cm³/mol. The van der Waals surface area contributed by atoms with E-state index in [4.69, 9.17) is 0 Å². The Hall–Kier alpha value is -2.43. The predicted octanol–water partition coefficient (Wildman–Crippen LogP) is 2.98. The first-order valence-corrected chi connectivity index (χ1v) is 6.44. The number of pyridine rings is 1. The SMILES string of the molecule is Cc1cc([N+](=O)[O-])ccc1N(C)CCc1ccccn1. The molecule has 0 aliphatic rings.